The lowest BCUT2D eigenvalue weighted by molar-refractivity contribution is -0.121. The molecule has 1 amide bonds. The minimum atomic E-state index is -0.389. The van der Waals surface area contributed by atoms with Crippen LogP contribution in [-0.2, 0) is 20.9 Å². The maximum atomic E-state index is 12.2. The van der Waals surface area contributed by atoms with Gasteiger partial charge in [0, 0.05) is 5.69 Å². The van der Waals surface area contributed by atoms with Crippen molar-refractivity contribution in [2.24, 2.45) is 0 Å². The molecule has 0 aromatic heterocycles. The van der Waals surface area contributed by atoms with Gasteiger partial charge in [-0.15, -0.1) is 0 Å². The van der Waals surface area contributed by atoms with Gasteiger partial charge in [0.25, 0.3) is 0 Å². The van der Waals surface area contributed by atoms with Crippen molar-refractivity contribution in [1.82, 2.24) is 0 Å². The highest BCUT2D eigenvalue weighted by Gasteiger charge is 2.09. The van der Waals surface area contributed by atoms with Gasteiger partial charge in [-0.25, -0.2) is 4.79 Å². The highest BCUT2D eigenvalue weighted by Crippen LogP contribution is 2.25. The molecule has 0 spiro atoms. The normalized spacial score (nSPS) is 10.2. The second-order valence-electron chi connectivity index (χ2n) is 6.27. The fourth-order valence-electron chi connectivity index (χ4n) is 2.69. The fraction of sp³-hybridized carbons (Fsp3) is 0.130. The standard InChI is InChI=1S/C23H22N2O4/c1-28-23(27)18-11-13-19(14-12-18)24-20-9-5-6-10-21(20)25-22(26)16-29-15-17-7-3-2-4-8-17/h2-14,24H,15-16H2,1H3,(H,25,26). The number of rotatable bonds is 8. The molecule has 0 bridgehead atoms. The van der Waals surface area contributed by atoms with E-state index in [1.807, 2.05) is 48.5 Å². The van der Waals surface area contributed by atoms with Crippen molar-refractivity contribution in [2.45, 2.75) is 6.61 Å². The molecule has 0 aliphatic carbocycles. The van der Waals surface area contributed by atoms with Crippen LogP contribution < -0.4 is 10.6 Å². The Hall–Kier alpha value is -3.64. The lowest BCUT2D eigenvalue weighted by atomic mass is 10.2. The Morgan fingerprint density at radius 3 is 2.17 bits per heavy atom. The van der Waals surface area contributed by atoms with E-state index in [-0.39, 0.29) is 18.5 Å². The molecule has 3 aromatic carbocycles. The monoisotopic (exact) mass is 390 g/mol. The highest BCUT2D eigenvalue weighted by atomic mass is 16.5. The number of methoxy groups -OCH3 is 1. The number of carbonyl (C=O) groups excluding carboxylic acids is 2. The topological polar surface area (TPSA) is 76.7 Å². The number of carbonyl (C=O) groups is 2. The van der Waals surface area contributed by atoms with Crippen molar-refractivity contribution in [3.63, 3.8) is 0 Å². The Bertz CT molecular complexity index is 956. The predicted octanol–water partition coefficient (Wildman–Crippen LogP) is 4.37. The first-order valence-corrected chi connectivity index (χ1v) is 9.11. The van der Waals surface area contributed by atoms with E-state index >= 15 is 0 Å². The van der Waals surface area contributed by atoms with Gasteiger partial charge in [-0.05, 0) is 42.0 Å². The molecule has 0 heterocycles. The van der Waals surface area contributed by atoms with Crippen molar-refractivity contribution in [3.05, 3.63) is 90.0 Å². The summed E-state index contributed by atoms with van der Waals surface area (Å²) in [6, 6.07) is 23.9. The van der Waals surface area contributed by atoms with Crippen molar-refractivity contribution < 1.29 is 19.1 Å². The zero-order valence-corrected chi connectivity index (χ0v) is 16.1. The molecule has 0 atom stereocenters. The summed E-state index contributed by atoms with van der Waals surface area (Å²) in [5, 5.41) is 6.09. The van der Waals surface area contributed by atoms with Crippen LogP contribution in [0, 0.1) is 0 Å². The first-order valence-electron chi connectivity index (χ1n) is 9.11. The van der Waals surface area contributed by atoms with Crippen LogP contribution in [0.3, 0.4) is 0 Å². The maximum absolute atomic E-state index is 12.2. The van der Waals surface area contributed by atoms with Gasteiger partial charge in [0.1, 0.15) is 6.61 Å². The van der Waals surface area contributed by atoms with Crippen molar-refractivity contribution in [1.29, 1.82) is 0 Å². The Kier molecular flexibility index (Phi) is 6.97. The zero-order valence-electron chi connectivity index (χ0n) is 16.1. The molecule has 148 valence electrons. The van der Waals surface area contributed by atoms with Gasteiger partial charge in [0.05, 0.1) is 30.7 Å². The maximum Gasteiger partial charge on any atom is 0.337 e. The van der Waals surface area contributed by atoms with Gasteiger partial charge >= 0.3 is 5.97 Å². The first-order chi connectivity index (χ1) is 14.2. The molecule has 0 aliphatic heterocycles. The molecule has 0 radical (unpaired) electrons. The number of amides is 1. The largest absolute Gasteiger partial charge is 0.465 e. The number of hydrogen-bond acceptors (Lipinski definition) is 5. The Morgan fingerprint density at radius 1 is 0.828 bits per heavy atom. The van der Waals surface area contributed by atoms with Gasteiger partial charge < -0.3 is 20.1 Å². The first kappa shape index (κ1) is 20.1. The van der Waals surface area contributed by atoms with Crippen molar-refractivity contribution in [2.75, 3.05) is 24.4 Å². The van der Waals surface area contributed by atoms with Crippen LogP contribution in [0.5, 0.6) is 0 Å². The van der Waals surface area contributed by atoms with Crippen LogP contribution in [0.4, 0.5) is 17.1 Å². The Balaban J connectivity index is 1.58. The molecule has 3 rings (SSSR count). The number of esters is 1. The third-order valence-electron chi connectivity index (χ3n) is 4.13. The van der Waals surface area contributed by atoms with Crippen LogP contribution in [-0.4, -0.2) is 25.6 Å². The number of hydrogen-bond donors (Lipinski definition) is 2. The quantitative estimate of drug-likeness (QED) is 0.559. The van der Waals surface area contributed by atoms with E-state index in [1.54, 1.807) is 30.3 Å². The van der Waals surface area contributed by atoms with E-state index in [4.69, 9.17) is 9.47 Å². The van der Waals surface area contributed by atoms with E-state index in [9.17, 15) is 9.59 Å². The number of ether oxygens (including phenoxy) is 2. The second-order valence-corrected chi connectivity index (χ2v) is 6.27. The molecule has 6 heteroatoms. The molecule has 0 saturated heterocycles. The van der Waals surface area contributed by atoms with Gasteiger partial charge in [0.2, 0.25) is 5.91 Å². The summed E-state index contributed by atoms with van der Waals surface area (Å²) in [6.45, 7) is 0.331. The van der Waals surface area contributed by atoms with Crippen LogP contribution in [0.15, 0.2) is 78.9 Å². The van der Waals surface area contributed by atoms with Gasteiger partial charge in [-0.2, -0.15) is 0 Å². The van der Waals surface area contributed by atoms with Crippen LogP contribution in [0.25, 0.3) is 0 Å². The Morgan fingerprint density at radius 2 is 1.48 bits per heavy atom. The van der Waals surface area contributed by atoms with E-state index in [0.29, 0.717) is 17.9 Å². The molecular weight excluding hydrogens is 368 g/mol. The fourth-order valence-corrected chi connectivity index (χ4v) is 2.69. The second kappa shape index (κ2) is 10.1. The Labute approximate surface area is 169 Å². The molecule has 3 aromatic rings. The van der Waals surface area contributed by atoms with Gasteiger partial charge in [-0.3, -0.25) is 4.79 Å². The van der Waals surface area contributed by atoms with E-state index in [2.05, 4.69) is 10.6 Å². The van der Waals surface area contributed by atoms with Crippen LogP contribution in [0.1, 0.15) is 15.9 Å². The summed E-state index contributed by atoms with van der Waals surface area (Å²) in [4.78, 5) is 23.8. The third-order valence-corrected chi connectivity index (χ3v) is 4.13. The van der Waals surface area contributed by atoms with Crippen LogP contribution in [0.2, 0.25) is 0 Å². The number of para-hydroxylation sites is 2. The molecule has 0 aliphatic rings. The molecule has 2 N–H and O–H groups in total. The summed E-state index contributed by atoms with van der Waals surface area (Å²) in [5.74, 6) is -0.629. The van der Waals surface area contributed by atoms with Crippen LogP contribution >= 0.6 is 0 Å². The summed E-state index contributed by atoms with van der Waals surface area (Å²) in [5.41, 5.74) is 3.63. The number of nitrogens with one attached hydrogen (secondary N) is 2. The summed E-state index contributed by atoms with van der Waals surface area (Å²) >= 11 is 0. The van der Waals surface area contributed by atoms with Gasteiger partial charge in [0.15, 0.2) is 0 Å². The number of anilines is 3. The van der Waals surface area contributed by atoms with E-state index in [0.717, 1.165) is 16.9 Å². The lowest BCUT2D eigenvalue weighted by Crippen LogP contribution is -2.18. The third kappa shape index (κ3) is 5.92. The zero-order chi connectivity index (χ0) is 20.5. The summed E-state index contributed by atoms with van der Waals surface area (Å²) in [7, 11) is 1.34. The van der Waals surface area contributed by atoms with E-state index < -0.39 is 0 Å². The highest BCUT2D eigenvalue weighted by molar-refractivity contribution is 5.95. The molecule has 6 nitrogen and oxygen atoms in total. The van der Waals surface area contributed by atoms with E-state index in [1.165, 1.54) is 7.11 Å². The summed E-state index contributed by atoms with van der Waals surface area (Å²) in [6.07, 6.45) is 0. The minimum Gasteiger partial charge on any atom is -0.465 e. The minimum absolute atomic E-state index is 0.0446. The summed E-state index contributed by atoms with van der Waals surface area (Å²) < 4.78 is 10.2. The molecular formula is C23H22N2O4. The predicted molar refractivity (Wildman–Crippen MR) is 112 cm³/mol. The van der Waals surface area contributed by atoms with Crippen molar-refractivity contribution >= 4 is 28.9 Å². The molecule has 0 fully saturated rings. The smallest absolute Gasteiger partial charge is 0.337 e. The number of benzene rings is 3. The molecule has 0 unspecified atom stereocenters. The lowest BCUT2D eigenvalue weighted by Gasteiger charge is -2.13. The molecule has 29 heavy (non-hydrogen) atoms. The average molecular weight is 390 g/mol. The average Bonchev–Trinajstić information content (AvgIpc) is 2.76. The SMILES string of the molecule is COC(=O)c1ccc(Nc2ccccc2NC(=O)COCc2ccccc2)cc1. The van der Waals surface area contributed by atoms with Gasteiger partial charge in [-0.1, -0.05) is 42.5 Å². The van der Waals surface area contributed by atoms with Crippen molar-refractivity contribution in [3.8, 4) is 0 Å². The molecule has 0 saturated carbocycles.